The molecule has 3 aromatic rings. The fourth-order valence-corrected chi connectivity index (χ4v) is 3.73. The Morgan fingerprint density at radius 2 is 1.76 bits per heavy atom. The van der Waals surface area contributed by atoms with Crippen molar-refractivity contribution in [1.29, 1.82) is 0 Å². The molecule has 7 nitrogen and oxygen atoms in total. The van der Waals surface area contributed by atoms with Crippen molar-refractivity contribution in [3.8, 4) is 11.3 Å². The van der Waals surface area contributed by atoms with Gasteiger partial charge in [0, 0.05) is 31.4 Å². The SMILES string of the molecule is Cn1nc(C(F)(F)F)cc1C(=O)NC1CCCCn2nc(-c3ccnc(C(F)(F)F)c3)cc21. The van der Waals surface area contributed by atoms with Crippen LogP contribution in [0.2, 0.25) is 0 Å². The minimum Gasteiger partial charge on any atom is -0.342 e. The van der Waals surface area contributed by atoms with Crippen molar-refractivity contribution < 1.29 is 31.1 Å². The molecule has 0 radical (unpaired) electrons. The first-order valence-electron chi connectivity index (χ1n) is 9.97. The average molecular weight is 472 g/mol. The average Bonchev–Trinajstić information content (AvgIpc) is 3.29. The Hall–Kier alpha value is -3.38. The van der Waals surface area contributed by atoms with Gasteiger partial charge in [-0.25, -0.2) is 0 Å². The number of alkyl halides is 6. The Bertz CT molecular complexity index is 1180. The summed E-state index contributed by atoms with van der Waals surface area (Å²) < 4.78 is 80.3. The van der Waals surface area contributed by atoms with Gasteiger partial charge in [-0.05, 0) is 37.5 Å². The van der Waals surface area contributed by atoms with E-state index in [9.17, 15) is 31.1 Å². The monoisotopic (exact) mass is 472 g/mol. The lowest BCUT2D eigenvalue weighted by molar-refractivity contribution is -0.142. The van der Waals surface area contributed by atoms with Crippen LogP contribution in [0.5, 0.6) is 0 Å². The van der Waals surface area contributed by atoms with Gasteiger partial charge in [0.05, 0.1) is 17.4 Å². The van der Waals surface area contributed by atoms with Gasteiger partial charge in [0.25, 0.3) is 5.91 Å². The zero-order chi connectivity index (χ0) is 24.0. The lowest BCUT2D eigenvalue weighted by Gasteiger charge is -2.17. The van der Waals surface area contributed by atoms with Crippen molar-refractivity contribution in [1.82, 2.24) is 29.9 Å². The van der Waals surface area contributed by atoms with Crippen LogP contribution >= 0.6 is 0 Å². The van der Waals surface area contributed by atoms with E-state index in [0.29, 0.717) is 31.1 Å². The molecular weight excluding hydrogens is 454 g/mol. The molecule has 1 unspecified atom stereocenters. The first-order chi connectivity index (χ1) is 15.4. The molecule has 176 valence electrons. The number of amides is 1. The second kappa shape index (κ2) is 8.19. The highest BCUT2D eigenvalue weighted by atomic mass is 19.4. The molecule has 3 aromatic heterocycles. The smallest absolute Gasteiger partial charge is 0.342 e. The largest absolute Gasteiger partial charge is 0.435 e. The summed E-state index contributed by atoms with van der Waals surface area (Å²) in [4.78, 5) is 16.1. The van der Waals surface area contributed by atoms with Crippen LogP contribution < -0.4 is 5.32 Å². The number of halogens is 6. The van der Waals surface area contributed by atoms with E-state index in [-0.39, 0.29) is 17.0 Å². The highest BCUT2D eigenvalue weighted by molar-refractivity contribution is 5.93. The van der Waals surface area contributed by atoms with Crippen LogP contribution in [0.15, 0.2) is 30.5 Å². The number of nitrogens with zero attached hydrogens (tertiary/aromatic N) is 5. The first-order valence-corrected chi connectivity index (χ1v) is 9.97. The Kier molecular flexibility index (Phi) is 5.66. The van der Waals surface area contributed by atoms with Gasteiger partial charge in [-0.3, -0.25) is 19.1 Å². The maximum Gasteiger partial charge on any atom is 0.435 e. The molecule has 0 spiro atoms. The van der Waals surface area contributed by atoms with Gasteiger partial charge in [-0.15, -0.1) is 0 Å². The van der Waals surface area contributed by atoms with Crippen molar-refractivity contribution in [3.05, 3.63) is 53.2 Å². The van der Waals surface area contributed by atoms with E-state index in [1.54, 1.807) is 10.7 Å². The molecule has 1 amide bonds. The fourth-order valence-electron chi connectivity index (χ4n) is 3.73. The number of rotatable bonds is 3. The number of aromatic nitrogens is 5. The molecule has 1 aliphatic rings. The third-order valence-corrected chi connectivity index (χ3v) is 5.34. The molecule has 0 bridgehead atoms. The summed E-state index contributed by atoms with van der Waals surface area (Å²) in [6.45, 7) is 0.489. The maximum absolute atomic E-state index is 13.0. The minimum atomic E-state index is -4.69. The van der Waals surface area contributed by atoms with Crippen LogP contribution in [0.3, 0.4) is 0 Å². The summed E-state index contributed by atoms with van der Waals surface area (Å²) in [5, 5.41) is 10.5. The highest BCUT2D eigenvalue weighted by Crippen LogP contribution is 2.33. The lowest BCUT2D eigenvalue weighted by atomic mass is 10.1. The van der Waals surface area contributed by atoms with E-state index < -0.39 is 35.7 Å². The quantitative estimate of drug-likeness (QED) is 0.575. The molecule has 1 atom stereocenters. The van der Waals surface area contributed by atoms with Gasteiger partial charge in [0.2, 0.25) is 0 Å². The first kappa shape index (κ1) is 22.8. The Morgan fingerprint density at radius 1 is 1.03 bits per heavy atom. The van der Waals surface area contributed by atoms with Gasteiger partial charge in [-0.1, -0.05) is 0 Å². The molecule has 1 aliphatic heterocycles. The molecule has 0 aliphatic carbocycles. The molecule has 33 heavy (non-hydrogen) atoms. The number of fused-ring (bicyclic) bond motifs is 1. The molecule has 0 fully saturated rings. The number of nitrogens with one attached hydrogen (secondary N) is 1. The molecule has 0 saturated heterocycles. The van der Waals surface area contributed by atoms with Gasteiger partial charge in [0.1, 0.15) is 11.4 Å². The Balaban J connectivity index is 1.62. The van der Waals surface area contributed by atoms with Crippen molar-refractivity contribution >= 4 is 5.91 Å². The molecule has 0 saturated carbocycles. The van der Waals surface area contributed by atoms with Crippen LogP contribution in [0.25, 0.3) is 11.3 Å². The minimum absolute atomic E-state index is 0.212. The van der Waals surface area contributed by atoms with Gasteiger partial charge < -0.3 is 5.32 Å². The number of carbonyl (C=O) groups excluding carboxylic acids is 1. The van der Waals surface area contributed by atoms with Gasteiger partial charge in [-0.2, -0.15) is 36.5 Å². The number of carbonyl (C=O) groups is 1. The van der Waals surface area contributed by atoms with E-state index >= 15 is 0 Å². The molecule has 0 aromatic carbocycles. The Labute approximate surface area is 183 Å². The normalized spacial score (nSPS) is 16.9. The molecule has 4 heterocycles. The summed E-state index contributed by atoms with van der Waals surface area (Å²) in [7, 11) is 1.24. The standard InChI is InChI=1S/C20H18F6N6O/c1-31-15(10-17(30-31)20(24,25)26)18(33)28-12-4-2-3-7-32-14(12)9-13(29-32)11-5-6-27-16(8-11)19(21,22)23/h5-6,8-10,12H,2-4,7H2,1H3,(H,28,33). The summed E-state index contributed by atoms with van der Waals surface area (Å²) in [5.74, 6) is -0.745. The number of hydrogen-bond donors (Lipinski definition) is 1. The molecular formula is C20H18F6N6O. The predicted octanol–water partition coefficient (Wildman–Crippen LogP) is 4.37. The second-order valence-electron chi connectivity index (χ2n) is 7.66. The van der Waals surface area contributed by atoms with E-state index in [4.69, 9.17) is 0 Å². The lowest BCUT2D eigenvalue weighted by Crippen LogP contribution is -2.30. The third kappa shape index (κ3) is 4.71. The number of hydrogen-bond acceptors (Lipinski definition) is 4. The zero-order valence-corrected chi connectivity index (χ0v) is 17.2. The third-order valence-electron chi connectivity index (χ3n) is 5.34. The van der Waals surface area contributed by atoms with E-state index in [0.717, 1.165) is 23.4 Å². The summed E-state index contributed by atoms with van der Waals surface area (Å²) >= 11 is 0. The zero-order valence-electron chi connectivity index (χ0n) is 17.2. The van der Waals surface area contributed by atoms with Crippen molar-refractivity contribution in [2.75, 3.05) is 0 Å². The van der Waals surface area contributed by atoms with Crippen LogP contribution in [0, 0.1) is 0 Å². The van der Waals surface area contributed by atoms with Crippen molar-refractivity contribution in [2.24, 2.45) is 7.05 Å². The summed E-state index contributed by atoms with van der Waals surface area (Å²) in [5.41, 5.74) is -1.45. The Morgan fingerprint density at radius 3 is 2.42 bits per heavy atom. The van der Waals surface area contributed by atoms with Gasteiger partial charge >= 0.3 is 12.4 Å². The van der Waals surface area contributed by atoms with E-state index in [1.807, 2.05) is 0 Å². The molecule has 1 N–H and O–H groups in total. The van der Waals surface area contributed by atoms with Crippen LogP contribution in [-0.4, -0.2) is 30.5 Å². The van der Waals surface area contributed by atoms with Crippen molar-refractivity contribution in [2.45, 2.75) is 44.2 Å². The van der Waals surface area contributed by atoms with E-state index in [1.165, 1.54) is 13.1 Å². The molecule has 4 rings (SSSR count). The second-order valence-corrected chi connectivity index (χ2v) is 7.66. The van der Waals surface area contributed by atoms with E-state index in [2.05, 4.69) is 20.5 Å². The topological polar surface area (TPSA) is 77.6 Å². The van der Waals surface area contributed by atoms with Crippen LogP contribution in [-0.2, 0) is 25.9 Å². The maximum atomic E-state index is 13.0. The molecule has 13 heteroatoms. The summed E-state index contributed by atoms with van der Waals surface area (Å²) in [6, 6.07) is 3.96. The van der Waals surface area contributed by atoms with Gasteiger partial charge in [0.15, 0.2) is 5.69 Å². The number of pyridine rings is 1. The predicted molar refractivity (Wildman–Crippen MR) is 103 cm³/mol. The highest BCUT2D eigenvalue weighted by Gasteiger charge is 2.36. The summed E-state index contributed by atoms with van der Waals surface area (Å²) in [6.07, 6.45) is -6.33. The van der Waals surface area contributed by atoms with Crippen LogP contribution in [0.4, 0.5) is 26.3 Å². The van der Waals surface area contributed by atoms with Crippen molar-refractivity contribution in [3.63, 3.8) is 0 Å². The van der Waals surface area contributed by atoms with Crippen LogP contribution in [0.1, 0.15) is 52.9 Å². The number of aryl methyl sites for hydroxylation is 2. The fraction of sp³-hybridized carbons (Fsp3) is 0.400.